The van der Waals surface area contributed by atoms with Crippen molar-refractivity contribution < 1.29 is 9.84 Å². The molecule has 4 rings (SSSR count). The van der Waals surface area contributed by atoms with E-state index >= 15 is 0 Å². The highest BCUT2D eigenvalue weighted by atomic mass is 16.5. The van der Waals surface area contributed by atoms with E-state index in [1.807, 2.05) is 24.3 Å². The number of nitrogens with two attached hydrogens (primary N) is 1. The average Bonchev–Trinajstić information content (AvgIpc) is 2.73. The molecule has 1 aliphatic carbocycles. The van der Waals surface area contributed by atoms with E-state index in [2.05, 4.69) is 28.0 Å². The number of rotatable bonds is 6. The van der Waals surface area contributed by atoms with Gasteiger partial charge in [0.2, 0.25) is 0 Å². The SMILES string of the molecule is Nc1ccccc1N1CCN(CC(O)COc2cccc3c2CCCC3)CC1. The lowest BCUT2D eigenvalue weighted by molar-refractivity contribution is 0.0659. The van der Waals surface area contributed by atoms with Gasteiger partial charge < -0.3 is 20.5 Å². The van der Waals surface area contributed by atoms with Crippen LogP contribution in [0.2, 0.25) is 0 Å². The van der Waals surface area contributed by atoms with Gasteiger partial charge in [-0.05, 0) is 55.0 Å². The number of aliphatic hydroxyl groups is 1. The fraction of sp³-hybridized carbons (Fsp3) is 0.478. The molecule has 5 heteroatoms. The third-order valence-corrected chi connectivity index (χ3v) is 5.90. The number of benzene rings is 2. The highest BCUT2D eigenvalue weighted by molar-refractivity contribution is 5.67. The summed E-state index contributed by atoms with van der Waals surface area (Å²) in [6.45, 7) is 4.69. The second-order valence-corrected chi connectivity index (χ2v) is 7.91. The van der Waals surface area contributed by atoms with Crippen molar-refractivity contribution >= 4 is 11.4 Å². The number of β-amino-alcohol motifs (C(OH)–C–C–N with tert-alkyl or cyclic N) is 1. The van der Waals surface area contributed by atoms with Crippen LogP contribution in [0.25, 0.3) is 0 Å². The molecule has 2 aromatic rings. The van der Waals surface area contributed by atoms with Crippen molar-refractivity contribution in [2.45, 2.75) is 31.8 Å². The number of para-hydroxylation sites is 2. The van der Waals surface area contributed by atoms with Crippen molar-refractivity contribution in [3.05, 3.63) is 53.6 Å². The maximum Gasteiger partial charge on any atom is 0.122 e. The summed E-state index contributed by atoms with van der Waals surface area (Å²) in [5.41, 5.74) is 10.8. The maximum atomic E-state index is 10.5. The van der Waals surface area contributed by atoms with E-state index < -0.39 is 6.10 Å². The van der Waals surface area contributed by atoms with E-state index in [0.29, 0.717) is 13.2 Å². The van der Waals surface area contributed by atoms with E-state index in [-0.39, 0.29) is 0 Å². The molecule has 0 aromatic heterocycles. The maximum absolute atomic E-state index is 10.5. The molecule has 0 radical (unpaired) electrons. The molecule has 0 bridgehead atoms. The smallest absolute Gasteiger partial charge is 0.122 e. The van der Waals surface area contributed by atoms with Gasteiger partial charge in [0, 0.05) is 32.7 Å². The minimum atomic E-state index is -0.479. The Balaban J connectivity index is 1.25. The van der Waals surface area contributed by atoms with E-state index in [0.717, 1.165) is 56.1 Å². The number of hydrogen-bond donors (Lipinski definition) is 2. The highest BCUT2D eigenvalue weighted by Crippen LogP contribution is 2.29. The number of hydrogen-bond acceptors (Lipinski definition) is 5. The Morgan fingerprint density at radius 2 is 1.75 bits per heavy atom. The average molecular weight is 382 g/mol. The zero-order valence-electron chi connectivity index (χ0n) is 16.5. The minimum Gasteiger partial charge on any atom is -0.491 e. The van der Waals surface area contributed by atoms with Crippen molar-refractivity contribution in [2.75, 3.05) is 50.0 Å². The summed E-state index contributed by atoms with van der Waals surface area (Å²) in [6, 6.07) is 14.3. The topological polar surface area (TPSA) is 62.0 Å². The van der Waals surface area contributed by atoms with Gasteiger partial charge in [-0.3, -0.25) is 4.90 Å². The van der Waals surface area contributed by atoms with Gasteiger partial charge in [-0.25, -0.2) is 0 Å². The molecule has 3 N–H and O–H groups in total. The molecule has 2 aromatic carbocycles. The Kier molecular flexibility index (Phi) is 6.03. The third kappa shape index (κ3) is 4.42. The zero-order valence-corrected chi connectivity index (χ0v) is 16.5. The van der Waals surface area contributed by atoms with Crippen LogP contribution in [0.5, 0.6) is 5.75 Å². The van der Waals surface area contributed by atoms with Crippen LogP contribution in [-0.4, -0.2) is 55.4 Å². The molecule has 1 atom stereocenters. The van der Waals surface area contributed by atoms with Crippen LogP contribution in [0.3, 0.4) is 0 Å². The molecule has 0 saturated carbocycles. The number of piperazine rings is 1. The number of fused-ring (bicyclic) bond motifs is 1. The molecule has 1 fully saturated rings. The minimum absolute atomic E-state index is 0.350. The van der Waals surface area contributed by atoms with Crippen LogP contribution in [0.4, 0.5) is 11.4 Å². The Bertz CT molecular complexity index is 787. The van der Waals surface area contributed by atoms with Crippen LogP contribution in [0, 0.1) is 0 Å². The quantitative estimate of drug-likeness (QED) is 0.754. The Labute approximate surface area is 167 Å². The van der Waals surface area contributed by atoms with Crippen molar-refractivity contribution in [3.63, 3.8) is 0 Å². The first kappa shape index (κ1) is 19.1. The Morgan fingerprint density at radius 3 is 2.57 bits per heavy atom. The fourth-order valence-electron chi connectivity index (χ4n) is 4.37. The first-order valence-electron chi connectivity index (χ1n) is 10.4. The highest BCUT2D eigenvalue weighted by Gasteiger charge is 2.21. The third-order valence-electron chi connectivity index (χ3n) is 5.90. The second-order valence-electron chi connectivity index (χ2n) is 7.91. The Morgan fingerprint density at radius 1 is 0.964 bits per heavy atom. The molecule has 150 valence electrons. The van der Waals surface area contributed by atoms with Gasteiger partial charge in [-0.1, -0.05) is 24.3 Å². The molecule has 1 aliphatic heterocycles. The van der Waals surface area contributed by atoms with Crippen LogP contribution >= 0.6 is 0 Å². The van der Waals surface area contributed by atoms with Gasteiger partial charge in [-0.2, -0.15) is 0 Å². The van der Waals surface area contributed by atoms with E-state index in [9.17, 15) is 5.11 Å². The molecule has 0 amide bonds. The van der Waals surface area contributed by atoms with Gasteiger partial charge >= 0.3 is 0 Å². The first-order chi connectivity index (χ1) is 13.7. The molecule has 1 unspecified atom stereocenters. The van der Waals surface area contributed by atoms with Crippen molar-refractivity contribution in [2.24, 2.45) is 0 Å². The van der Waals surface area contributed by atoms with Gasteiger partial charge in [0.25, 0.3) is 0 Å². The van der Waals surface area contributed by atoms with Crippen molar-refractivity contribution in [3.8, 4) is 5.75 Å². The number of ether oxygens (including phenoxy) is 1. The molecule has 5 nitrogen and oxygen atoms in total. The van der Waals surface area contributed by atoms with Crippen LogP contribution < -0.4 is 15.4 Å². The predicted molar refractivity (Wildman–Crippen MR) is 114 cm³/mol. The number of anilines is 2. The molecule has 28 heavy (non-hydrogen) atoms. The van der Waals surface area contributed by atoms with Gasteiger partial charge in [0.05, 0.1) is 11.4 Å². The first-order valence-corrected chi connectivity index (χ1v) is 10.4. The van der Waals surface area contributed by atoms with Crippen LogP contribution in [0.15, 0.2) is 42.5 Å². The van der Waals surface area contributed by atoms with Gasteiger partial charge in [-0.15, -0.1) is 0 Å². The van der Waals surface area contributed by atoms with Gasteiger partial charge in [0.1, 0.15) is 18.5 Å². The summed E-state index contributed by atoms with van der Waals surface area (Å²) in [6.07, 6.45) is 4.25. The van der Waals surface area contributed by atoms with Crippen molar-refractivity contribution in [1.29, 1.82) is 0 Å². The number of aryl methyl sites for hydroxylation is 1. The molecule has 1 saturated heterocycles. The summed E-state index contributed by atoms with van der Waals surface area (Å²) in [5.74, 6) is 0.959. The molecule has 2 aliphatic rings. The zero-order chi connectivity index (χ0) is 19.3. The monoisotopic (exact) mass is 381 g/mol. The number of nitrogens with zero attached hydrogens (tertiary/aromatic N) is 2. The number of nitrogen functional groups attached to an aromatic ring is 1. The summed E-state index contributed by atoms with van der Waals surface area (Å²) >= 11 is 0. The number of aliphatic hydroxyl groups excluding tert-OH is 1. The normalized spacial score (nSPS) is 18.5. The predicted octanol–water partition coefficient (Wildman–Crippen LogP) is 2.71. The molecular weight excluding hydrogens is 350 g/mol. The van der Waals surface area contributed by atoms with Gasteiger partial charge in [0.15, 0.2) is 0 Å². The van der Waals surface area contributed by atoms with Crippen molar-refractivity contribution in [1.82, 2.24) is 4.90 Å². The Hall–Kier alpha value is -2.24. The lowest BCUT2D eigenvalue weighted by Crippen LogP contribution is -2.49. The van der Waals surface area contributed by atoms with Crippen LogP contribution in [0.1, 0.15) is 24.0 Å². The molecule has 0 spiro atoms. The summed E-state index contributed by atoms with van der Waals surface area (Å²) in [4.78, 5) is 4.63. The largest absolute Gasteiger partial charge is 0.491 e. The lowest BCUT2D eigenvalue weighted by Gasteiger charge is -2.37. The summed E-state index contributed by atoms with van der Waals surface area (Å²) < 4.78 is 6.01. The van der Waals surface area contributed by atoms with Crippen LogP contribution in [-0.2, 0) is 12.8 Å². The van der Waals surface area contributed by atoms with E-state index in [1.165, 1.54) is 24.0 Å². The lowest BCUT2D eigenvalue weighted by atomic mass is 9.91. The second kappa shape index (κ2) is 8.84. The molecular formula is C23H31N3O2. The summed E-state index contributed by atoms with van der Waals surface area (Å²) in [7, 11) is 0. The summed E-state index contributed by atoms with van der Waals surface area (Å²) in [5, 5.41) is 10.5. The van der Waals surface area contributed by atoms with E-state index in [1.54, 1.807) is 0 Å². The molecule has 1 heterocycles. The standard InChI is InChI=1S/C23H31N3O2/c24-21-9-3-4-10-22(21)26-14-12-25(13-15-26)16-19(27)17-28-23-11-5-7-18-6-1-2-8-20(18)23/h3-5,7,9-11,19,27H,1-2,6,8,12-17,24H2. The van der Waals surface area contributed by atoms with E-state index in [4.69, 9.17) is 10.5 Å². The fourth-order valence-corrected chi connectivity index (χ4v) is 4.37.